The summed E-state index contributed by atoms with van der Waals surface area (Å²) >= 11 is 0. The number of rotatable bonds is 7. The van der Waals surface area contributed by atoms with Crippen molar-refractivity contribution in [3.8, 4) is 11.3 Å². The quantitative estimate of drug-likeness (QED) is 0.618. The Bertz CT molecular complexity index is 1080. The summed E-state index contributed by atoms with van der Waals surface area (Å²) in [5.41, 5.74) is 3.98. The first-order valence-electron chi connectivity index (χ1n) is 9.84. The summed E-state index contributed by atoms with van der Waals surface area (Å²) in [4.78, 5) is 4.49. The van der Waals surface area contributed by atoms with Crippen LogP contribution < -0.4 is 5.32 Å². The molecule has 1 fully saturated rings. The number of pyridine rings is 1. The predicted octanol–water partition coefficient (Wildman–Crippen LogP) is 1.79. The van der Waals surface area contributed by atoms with Gasteiger partial charge in [-0.15, -0.1) is 0 Å². The number of ether oxygens (including phenoxy) is 1. The van der Waals surface area contributed by atoms with Crippen LogP contribution in [0, 0.1) is 0 Å². The summed E-state index contributed by atoms with van der Waals surface area (Å²) in [5.74, 6) is 0. The average Bonchev–Trinajstić information content (AvgIpc) is 3.16. The Morgan fingerprint density at radius 1 is 1.10 bits per heavy atom. The normalized spacial score (nSPS) is 15.4. The van der Waals surface area contributed by atoms with E-state index in [9.17, 15) is 8.42 Å². The third-order valence-electron chi connectivity index (χ3n) is 5.02. The maximum atomic E-state index is 12.7. The van der Waals surface area contributed by atoms with E-state index in [1.165, 1.54) is 4.31 Å². The van der Waals surface area contributed by atoms with Gasteiger partial charge in [0, 0.05) is 62.9 Å². The molecule has 0 spiro atoms. The molecule has 1 aromatic carbocycles. The molecule has 30 heavy (non-hydrogen) atoms. The van der Waals surface area contributed by atoms with Gasteiger partial charge >= 0.3 is 0 Å². The molecular formula is C21H25N5O3S. The van der Waals surface area contributed by atoms with Crippen LogP contribution in [0.4, 0.5) is 0 Å². The standard InChI is InChI=1S/C21H25N5O3S/c1-25-16-19(21(24-25)18-3-2-8-22-14-18)15-23-13-17-4-6-20(7-5-17)30(27,28)26-9-11-29-12-10-26/h2-8,14,16,23H,9-13,15H2,1H3. The van der Waals surface area contributed by atoms with Crippen LogP contribution in [0.1, 0.15) is 11.1 Å². The number of morpholine rings is 1. The molecule has 0 unspecified atom stereocenters. The van der Waals surface area contributed by atoms with Gasteiger partial charge in [-0.3, -0.25) is 9.67 Å². The number of aryl methyl sites for hydroxylation is 1. The number of sulfonamides is 1. The van der Waals surface area contributed by atoms with Crippen LogP contribution in [-0.4, -0.2) is 53.8 Å². The van der Waals surface area contributed by atoms with Crippen molar-refractivity contribution in [2.75, 3.05) is 26.3 Å². The molecule has 1 N–H and O–H groups in total. The van der Waals surface area contributed by atoms with Gasteiger partial charge in [-0.2, -0.15) is 9.40 Å². The molecule has 8 nitrogen and oxygen atoms in total. The molecule has 9 heteroatoms. The first-order chi connectivity index (χ1) is 14.5. The summed E-state index contributed by atoms with van der Waals surface area (Å²) in [5, 5.41) is 7.96. The lowest BCUT2D eigenvalue weighted by Crippen LogP contribution is -2.40. The Morgan fingerprint density at radius 3 is 2.57 bits per heavy atom. The van der Waals surface area contributed by atoms with Crippen LogP contribution in [0.5, 0.6) is 0 Å². The van der Waals surface area contributed by atoms with Gasteiger partial charge in [0.1, 0.15) is 0 Å². The largest absolute Gasteiger partial charge is 0.379 e. The molecule has 1 aliphatic rings. The molecule has 0 atom stereocenters. The van der Waals surface area contributed by atoms with Crippen LogP contribution in [0.15, 0.2) is 59.9 Å². The van der Waals surface area contributed by atoms with Crippen molar-refractivity contribution in [3.05, 3.63) is 66.1 Å². The van der Waals surface area contributed by atoms with Crippen molar-refractivity contribution in [2.45, 2.75) is 18.0 Å². The van der Waals surface area contributed by atoms with Crippen LogP contribution in [0.2, 0.25) is 0 Å². The van der Waals surface area contributed by atoms with Crippen LogP contribution in [-0.2, 0) is 34.9 Å². The molecular weight excluding hydrogens is 402 g/mol. The molecule has 158 valence electrons. The summed E-state index contributed by atoms with van der Waals surface area (Å²) in [6.07, 6.45) is 5.54. The van der Waals surface area contributed by atoms with Crippen molar-refractivity contribution in [1.82, 2.24) is 24.4 Å². The number of aromatic nitrogens is 3. The number of nitrogens with one attached hydrogen (secondary N) is 1. The van der Waals surface area contributed by atoms with E-state index in [2.05, 4.69) is 15.4 Å². The van der Waals surface area contributed by atoms with E-state index >= 15 is 0 Å². The van der Waals surface area contributed by atoms with E-state index < -0.39 is 10.0 Å². The lowest BCUT2D eigenvalue weighted by molar-refractivity contribution is 0.0730. The summed E-state index contributed by atoms with van der Waals surface area (Å²) in [6, 6.07) is 10.9. The van der Waals surface area contributed by atoms with Crippen LogP contribution >= 0.6 is 0 Å². The molecule has 0 amide bonds. The molecule has 4 rings (SSSR count). The van der Waals surface area contributed by atoms with Crippen molar-refractivity contribution in [2.24, 2.45) is 7.05 Å². The smallest absolute Gasteiger partial charge is 0.243 e. The van der Waals surface area contributed by atoms with Crippen molar-refractivity contribution in [1.29, 1.82) is 0 Å². The van der Waals surface area contributed by atoms with E-state index in [1.807, 2.05) is 37.5 Å². The zero-order chi connectivity index (χ0) is 21.0. The van der Waals surface area contributed by atoms with Gasteiger partial charge in [0.05, 0.1) is 23.8 Å². The second-order valence-electron chi connectivity index (χ2n) is 7.18. The fourth-order valence-corrected chi connectivity index (χ4v) is 4.88. The third kappa shape index (κ3) is 4.59. The van der Waals surface area contributed by atoms with Gasteiger partial charge in [0.2, 0.25) is 10.0 Å². The molecule has 1 saturated heterocycles. The fourth-order valence-electron chi connectivity index (χ4n) is 3.47. The molecule has 0 bridgehead atoms. The zero-order valence-electron chi connectivity index (χ0n) is 16.9. The number of benzene rings is 1. The summed E-state index contributed by atoms with van der Waals surface area (Å²) in [7, 11) is -1.56. The minimum absolute atomic E-state index is 0.319. The molecule has 0 radical (unpaired) electrons. The lowest BCUT2D eigenvalue weighted by atomic mass is 10.1. The molecule has 1 aliphatic heterocycles. The highest BCUT2D eigenvalue weighted by atomic mass is 32.2. The Hall–Kier alpha value is -2.59. The number of nitrogens with zero attached hydrogens (tertiary/aromatic N) is 4. The highest BCUT2D eigenvalue weighted by Crippen LogP contribution is 2.21. The maximum absolute atomic E-state index is 12.7. The topological polar surface area (TPSA) is 89.4 Å². The maximum Gasteiger partial charge on any atom is 0.243 e. The van der Waals surface area contributed by atoms with Gasteiger partial charge in [-0.05, 0) is 29.8 Å². The van der Waals surface area contributed by atoms with Gasteiger partial charge < -0.3 is 10.1 Å². The Labute approximate surface area is 176 Å². The highest BCUT2D eigenvalue weighted by Gasteiger charge is 2.26. The van der Waals surface area contributed by atoms with E-state index in [0.717, 1.165) is 22.4 Å². The minimum atomic E-state index is -3.46. The minimum Gasteiger partial charge on any atom is -0.379 e. The van der Waals surface area contributed by atoms with Crippen molar-refractivity contribution >= 4 is 10.0 Å². The van der Waals surface area contributed by atoms with E-state index in [0.29, 0.717) is 44.3 Å². The molecule has 2 aromatic heterocycles. The zero-order valence-corrected chi connectivity index (χ0v) is 17.7. The Kier molecular flexibility index (Phi) is 6.24. The van der Waals surface area contributed by atoms with E-state index in [-0.39, 0.29) is 0 Å². The number of hydrogen-bond acceptors (Lipinski definition) is 6. The van der Waals surface area contributed by atoms with Gasteiger partial charge in [0.15, 0.2) is 0 Å². The van der Waals surface area contributed by atoms with Gasteiger partial charge in [0.25, 0.3) is 0 Å². The van der Waals surface area contributed by atoms with E-state index in [1.54, 1.807) is 29.2 Å². The third-order valence-corrected chi connectivity index (χ3v) is 6.93. The lowest BCUT2D eigenvalue weighted by Gasteiger charge is -2.26. The highest BCUT2D eigenvalue weighted by molar-refractivity contribution is 7.89. The number of hydrogen-bond donors (Lipinski definition) is 1. The first kappa shape index (κ1) is 20.7. The van der Waals surface area contributed by atoms with Gasteiger partial charge in [-0.25, -0.2) is 8.42 Å². The molecule has 3 aromatic rings. The van der Waals surface area contributed by atoms with Crippen LogP contribution in [0.3, 0.4) is 0 Å². The predicted molar refractivity (Wildman–Crippen MR) is 113 cm³/mol. The second-order valence-corrected chi connectivity index (χ2v) is 9.12. The average molecular weight is 428 g/mol. The Morgan fingerprint density at radius 2 is 1.87 bits per heavy atom. The molecule has 0 aliphatic carbocycles. The second kappa shape index (κ2) is 9.05. The Balaban J connectivity index is 1.39. The monoisotopic (exact) mass is 427 g/mol. The molecule has 3 heterocycles. The van der Waals surface area contributed by atoms with Crippen LogP contribution in [0.25, 0.3) is 11.3 Å². The van der Waals surface area contributed by atoms with E-state index in [4.69, 9.17) is 4.74 Å². The summed E-state index contributed by atoms with van der Waals surface area (Å²) < 4.78 is 33.9. The van der Waals surface area contributed by atoms with Crippen molar-refractivity contribution < 1.29 is 13.2 Å². The fraction of sp³-hybridized carbons (Fsp3) is 0.333. The summed E-state index contributed by atoms with van der Waals surface area (Å²) in [6.45, 7) is 2.95. The van der Waals surface area contributed by atoms with Crippen molar-refractivity contribution in [3.63, 3.8) is 0 Å². The SMILES string of the molecule is Cn1cc(CNCc2ccc(S(=O)(=O)N3CCOCC3)cc2)c(-c2cccnc2)n1. The molecule has 0 saturated carbocycles. The van der Waals surface area contributed by atoms with Gasteiger partial charge in [-0.1, -0.05) is 12.1 Å². The first-order valence-corrected chi connectivity index (χ1v) is 11.3.